The molecule has 0 aliphatic rings. The number of hydrogen-bond acceptors (Lipinski definition) is 6. The molecule has 1 amide bonds. The van der Waals surface area contributed by atoms with Crippen LogP contribution in [-0.4, -0.2) is 21.4 Å². The minimum atomic E-state index is -0.272. The molecule has 0 saturated heterocycles. The Bertz CT molecular complexity index is 780. The number of hydrogen-bond donors (Lipinski definition) is 1. The fourth-order valence-electron chi connectivity index (χ4n) is 1.90. The second-order valence-corrected chi connectivity index (χ2v) is 7.50. The molecule has 0 fully saturated rings. The van der Waals surface area contributed by atoms with E-state index in [0.29, 0.717) is 16.7 Å². The van der Waals surface area contributed by atoms with Gasteiger partial charge in [-0.15, -0.1) is 16.9 Å². The van der Waals surface area contributed by atoms with Crippen molar-refractivity contribution < 1.29 is 9.21 Å². The zero-order chi connectivity index (χ0) is 16.2. The largest absolute Gasteiger partial charge is 0.403 e. The quantitative estimate of drug-likeness (QED) is 0.687. The van der Waals surface area contributed by atoms with Gasteiger partial charge in [0.2, 0.25) is 0 Å². The van der Waals surface area contributed by atoms with Gasteiger partial charge in [-0.25, -0.2) is 0 Å². The van der Waals surface area contributed by atoms with Gasteiger partial charge >= 0.3 is 6.01 Å². The molecule has 7 heteroatoms. The van der Waals surface area contributed by atoms with Crippen molar-refractivity contribution in [2.24, 2.45) is 0 Å². The first-order valence-corrected chi connectivity index (χ1v) is 8.88. The topological polar surface area (TPSA) is 68.0 Å². The van der Waals surface area contributed by atoms with Crippen molar-refractivity contribution in [2.75, 3.05) is 5.32 Å². The summed E-state index contributed by atoms with van der Waals surface area (Å²) in [6.45, 7) is 4.26. The molecule has 2 aromatic heterocycles. The number of anilines is 1. The van der Waals surface area contributed by atoms with Crippen LogP contribution in [0.2, 0.25) is 0 Å². The molecule has 0 aliphatic heterocycles. The van der Waals surface area contributed by atoms with Gasteiger partial charge in [-0.3, -0.25) is 10.1 Å². The molecule has 23 heavy (non-hydrogen) atoms. The Morgan fingerprint density at radius 3 is 2.65 bits per heavy atom. The average Bonchev–Trinajstić information content (AvgIpc) is 3.18. The highest BCUT2D eigenvalue weighted by Crippen LogP contribution is 2.24. The van der Waals surface area contributed by atoms with Crippen LogP contribution in [0.5, 0.6) is 0 Å². The second-order valence-electron chi connectivity index (χ2n) is 5.07. The molecule has 0 spiro atoms. The SMILES string of the molecule is CC(C)Sc1ccc(C(=O)Nc2nnc(-c3ccsc3)o2)cc1. The van der Waals surface area contributed by atoms with E-state index in [0.717, 1.165) is 10.5 Å². The molecular weight excluding hydrogens is 330 g/mol. The van der Waals surface area contributed by atoms with Gasteiger partial charge in [0.25, 0.3) is 11.8 Å². The lowest BCUT2D eigenvalue weighted by Gasteiger charge is -2.05. The second kappa shape index (κ2) is 6.97. The molecule has 118 valence electrons. The molecule has 5 nitrogen and oxygen atoms in total. The number of carbonyl (C=O) groups excluding carboxylic acids is 1. The van der Waals surface area contributed by atoms with E-state index in [1.807, 2.05) is 29.0 Å². The first kappa shape index (κ1) is 15.8. The number of carbonyl (C=O) groups is 1. The third-order valence-corrected chi connectivity index (χ3v) is 4.60. The lowest BCUT2D eigenvalue weighted by molar-refractivity contribution is 0.102. The van der Waals surface area contributed by atoms with E-state index in [-0.39, 0.29) is 11.9 Å². The van der Waals surface area contributed by atoms with Crippen molar-refractivity contribution in [3.63, 3.8) is 0 Å². The van der Waals surface area contributed by atoms with Crippen molar-refractivity contribution in [1.29, 1.82) is 0 Å². The van der Waals surface area contributed by atoms with Gasteiger partial charge in [-0.1, -0.05) is 18.9 Å². The van der Waals surface area contributed by atoms with E-state index < -0.39 is 0 Å². The standard InChI is InChI=1S/C16H15N3O2S2/c1-10(2)23-13-5-3-11(4-6-13)14(20)17-16-19-18-15(21-16)12-7-8-22-9-12/h3-10H,1-2H3,(H,17,19,20). The van der Waals surface area contributed by atoms with Crippen LogP contribution in [-0.2, 0) is 0 Å². The summed E-state index contributed by atoms with van der Waals surface area (Å²) in [5.41, 5.74) is 1.39. The highest BCUT2D eigenvalue weighted by atomic mass is 32.2. The smallest absolute Gasteiger partial charge is 0.322 e. The molecule has 0 bridgehead atoms. The predicted octanol–water partition coefficient (Wildman–Crippen LogP) is 4.55. The monoisotopic (exact) mass is 345 g/mol. The van der Waals surface area contributed by atoms with E-state index in [2.05, 4.69) is 29.4 Å². The van der Waals surface area contributed by atoms with Gasteiger partial charge in [0.15, 0.2) is 0 Å². The number of aromatic nitrogens is 2. The van der Waals surface area contributed by atoms with Gasteiger partial charge in [0.05, 0.1) is 0 Å². The summed E-state index contributed by atoms with van der Waals surface area (Å²) >= 11 is 3.30. The minimum Gasteiger partial charge on any atom is -0.403 e. The number of nitrogens with zero attached hydrogens (tertiary/aromatic N) is 2. The highest BCUT2D eigenvalue weighted by Gasteiger charge is 2.13. The summed E-state index contributed by atoms with van der Waals surface area (Å²) in [5, 5.41) is 14.7. The van der Waals surface area contributed by atoms with Gasteiger partial charge in [0.1, 0.15) is 0 Å². The van der Waals surface area contributed by atoms with Gasteiger partial charge in [0, 0.05) is 26.7 Å². The minimum absolute atomic E-state index is 0.0943. The molecule has 1 N–H and O–H groups in total. The summed E-state index contributed by atoms with van der Waals surface area (Å²) in [4.78, 5) is 13.3. The molecule has 0 radical (unpaired) electrons. The Morgan fingerprint density at radius 2 is 2.00 bits per heavy atom. The fraction of sp³-hybridized carbons (Fsp3) is 0.188. The predicted molar refractivity (Wildman–Crippen MR) is 93.0 cm³/mol. The third-order valence-electron chi connectivity index (χ3n) is 2.90. The molecule has 2 heterocycles. The molecule has 0 atom stereocenters. The summed E-state index contributed by atoms with van der Waals surface area (Å²) in [7, 11) is 0. The van der Waals surface area contributed by atoms with Gasteiger partial charge < -0.3 is 4.42 Å². The number of thioether (sulfide) groups is 1. The number of thiophene rings is 1. The third kappa shape index (κ3) is 4.00. The molecule has 0 unspecified atom stereocenters. The number of benzene rings is 1. The van der Waals surface area contributed by atoms with Crippen molar-refractivity contribution in [1.82, 2.24) is 10.2 Å². The average molecular weight is 345 g/mol. The summed E-state index contributed by atoms with van der Waals surface area (Å²) in [6, 6.07) is 9.42. The number of nitrogens with one attached hydrogen (secondary N) is 1. The highest BCUT2D eigenvalue weighted by molar-refractivity contribution is 7.99. The Morgan fingerprint density at radius 1 is 1.22 bits per heavy atom. The normalized spacial score (nSPS) is 10.9. The van der Waals surface area contributed by atoms with Crippen LogP contribution < -0.4 is 5.32 Å². The van der Waals surface area contributed by atoms with E-state index in [4.69, 9.17) is 4.42 Å². The lowest BCUT2D eigenvalue weighted by atomic mass is 10.2. The lowest BCUT2D eigenvalue weighted by Crippen LogP contribution is -2.11. The maximum absolute atomic E-state index is 12.2. The van der Waals surface area contributed by atoms with E-state index in [1.165, 1.54) is 0 Å². The van der Waals surface area contributed by atoms with E-state index in [1.54, 1.807) is 35.2 Å². The molecule has 3 aromatic rings. The maximum atomic E-state index is 12.2. The molecule has 0 aliphatic carbocycles. The first-order valence-electron chi connectivity index (χ1n) is 7.06. The Kier molecular flexibility index (Phi) is 4.78. The zero-order valence-corrected chi connectivity index (χ0v) is 14.3. The van der Waals surface area contributed by atoms with Crippen molar-refractivity contribution in [3.05, 3.63) is 46.7 Å². The number of amides is 1. The Labute approximate surface area is 142 Å². The van der Waals surface area contributed by atoms with Crippen LogP contribution in [0, 0.1) is 0 Å². The Hall–Kier alpha value is -2.12. The first-order chi connectivity index (χ1) is 11.1. The zero-order valence-electron chi connectivity index (χ0n) is 12.6. The maximum Gasteiger partial charge on any atom is 0.322 e. The van der Waals surface area contributed by atoms with Crippen molar-refractivity contribution in [2.45, 2.75) is 24.0 Å². The van der Waals surface area contributed by atoms with Gasteiger partial charge in [-0.05, 0) is 35.7 Å². The number of rotatable bonds is 5. The summed E-state index contributed by atoms with van der Waals surface area (Å²) < 4.78 is 5.44. The van der Waals surface area contributed by atoms with Crippen LogP contribution in [0.3, 0.4) is 0 Å². The van der Waals surface area contributed by atoms with Crippen LogP contribution in [0.25, 0.3) is 11.5 Å². The van der Waals surface area contributed by atoms with Crippen LogP contribution in [0.15, 0.2) is 50.4 Å². The van der Waals surface area contributed by atoms with Crippen LogP contribution >= 0.6 is 23.1 Å². The van der Waals surface area contributed by atoms with Crippen molar-refractivity contribution in [3.8, 4) is 11.5 Å². The summed E-state index contributed by atoms with van der Waals surface area (Å²) in [6.07, 6.45) is 0. The Balaban J connectivity index is 1.67. The molecular formula is C16H15N3O2S2. The van der Waals surface area contributed by atoms with E-state index in [9.17, 15) is 4.79 Å². The van der Waals surface area contributed by atoms with Crippen LogP contribution in [0.1, 0.15) is 24.2 Å². The van der Waals surface area contributed by atoms with Gasteiger partial charge in [-0.2, -0.15) is 11.3 Å². The molecule has 0 saturated carbocycles. The molecule has 1 aromatic carbocycles. The molecule has 3 rings (SSSR count). The van der Waals surface area contributed by atoms with Crippen molar-refractivity contribution >= 4 is 35.0 Å². The fourth-order valence-corrected chi connectivity index (χ4v) is 3.37. The van der Waals surface area contributed by atoms with E-state index >= 15 is 0 Å². The summed E-state index contributed by atoms with van der Waals surface area (Å²) in [5.74, 6) is 0.122. The van der Waals surface area contributed by atoms with Crippen LogP contribution in [0.4, 0.5) is 6.01 Å².